The van der Waals surface area contributed by atoms with Gasteiger partial charge in [-0.05, 0) is 31.2 Å². The summed E-state index contributed by atoms with van der Waals surface area (Å²) in [5.41, 5.74) is 0. The topological polar surface area (TPSA) is 56.8 Å². The lowest BCUT2D eigenvalue weighted by Crippen LogP contribution is -2.49. The molecule has 3 rings (SSSR count). The summed E-state index contributed by atoms with van der Waals surface area (Å²) < 4.78 is 30.0. The molecule has 1 aliphatic rings. The lowest BCUT2D eigenvalue weighted by atomic mass is 10.1. The van der Waals surface area contributed by atoms with Crippen molar-refractivity contribution in [2.45, 2.75) is 19.1 Å². The second kappa shape index (κ2) is 8.26. The first-order valence-electron chi connectivity index (χ1n) is 8.18. The summed E-state index contributed by atoms with van der Waals surface area (Å²) in [6, 6.07) is 13.3. The molecule has 1 heterocycles. The molecule has 0 radical (unpaired) electrons. The Kier molecular flexibility index (Phi) is 5.59. The molecular weight excluding hydrogens is 337 g/mol. The van der Waals surface area contributed by atoms with Gasteiger partial charge in [0.1, 0.15) is 12.7 Å². The van der Waals surface area contributed by atoms with Crippen LogP contribution in [0.3, 0.4) is 0 Å². The molecule has 6 heteroatoms. The second-order valence-electron chi connectivity index (χ2n) is 5.60. The fraction of sp³-hybridized carbons (Fsp3) is 0.250. The van der Waals surface area contributed by atoms with Crippen LogP contribution in [0.2, 0.25) is 0 Å². The quantitative estimate of drug-likeness (QED) is 0.857. The first-order chi connectivity index (χ1) is 12.6. The first-order valence-corrected chi connectivity index (χ1v) is 8.18. The van der Waals surface area contributed by atoms with Gasteiger partial charge in [0.25, 0.3) is 5.91 Å². The number of carbonyl (C=O) groups excluding carboxylic acids is 1. The molecule has 1 aliphatic heterocycles. The molecule has 0 bridgehead atoms. The summed E-state index contributed by atoms with van der Waals surface area (Å²) in [5.74, 6) is 6.03. The Hall–Kier alpha value is -3.20. The molecule has 0 fully saturated rings. The predicted molar refractivity (Wildman–Crippen MR) is 93.6 cm³/mol. The molecule has 0 aromatic heterocycles. The van der Waals surface area contributed by atoms with Crippen LogP contribution in [0.4, 0.5) is 4.39 Å². The summed E-state index contributed by atoms with van der Waals surface area (Å²) in [6.07, 6.45) is -1.16. The normalized spacial score (nSPS) is 17.6. The lowest BCUT2D eigenvalue weighted by molar-refractivity contribution is -0.133. The molecular formula is C20H18FNO4. The maximum Gasteiger partial charge on any atom is 0.265 e. The fourth-order valence-corrected chi connectivity index (χ4v) is 2.43. The van der Waals surface area contributed by atoms with E-state index in [4.69, 9.17) is 14.2 Å². The van der Waals surface area contributed by atoms with Crippen molar-refractivity contribution in [2.75, 3.05) is 13.2 Å². The summed E-state index contributed by atoms with van der Waals surface area (Å²) in [6.45, 7) is 1.94. The molecule has 0 saturated carbocycles. The summed E-state index contributed by atoms with van der Waals surface area (Å²) >= 11 is 0. The van der Waals surface area contributed by atoms with Crippen LogP contribution in [0.5, 0.6) is 17.2 Å². The van der Waals surface area contributed by atoms with E-state index in [2.05, 4.69) is 17.2 Å². The van der Waals surface area contributed by atoms with Gasteiger partial charge >= 0.3 is 0 Å². The van der Waals surface area contributed by atoms with E-state index in [0.717, 1.165) is 0 Å². The molecule has 5 nitrogen and oxygen atoms in total. The zero-order valence-electron chi connectivity index (χ0n) is 14.2. The number of rotatable bonds is 4. The van der Waals surface area contributed by atoms with Crippen molar-refractivity contribution in [1.29, 1.82) is 0 Å². The predicted octanol–water partition coefficient (Wildman–Crippen LogP) is 2.55. The number of nitrogens with one attached hydrogen (secondary N) is 1. The standard InChI is InChI=1S/C20H18FNO4/c1-14-19(26-18-11-5-4-10-17(18)25-14)20(23)22-12-6-7-13-24-16-9-3-2-8-15(16)21/h2-5,8-11,14,19H,12-13H2,1H3,(H,22,23). The summed E-state index contributed by atoms with van der Waals surface area (Å²) in [7, 11) is 0. The second-order valence-corrected chi connectivity index (χ2v) is 5.60. The van der Waals surface area contributed by atoms with Crippen molar-refractivity contribution in [2.24, 2.45) is 0 Å². The Morgan fingerprint density at radius 1 is 1.12 bits per heavy atom. The Morgan fingerprint density at radius 2 is 1.81 bits per heavy atom. The van der Waals surface area contributed by atoms with Gasteiger partial charge in [0.2, 0.25) is 6.10 Å². The van der Waals surface area contributed by atoms with Gasteiger partial charge in [0.15, 0.2) is 23.1 Å². The van der Waals surface area contributed by atoms with Gasteiger partial charge in [0.05, 0.1) is 6.54 Å². The van der Waals surface area contributed by atoms with Crippen LogP contribution in [0, 0.1) is 17.7 Å². The smallest absolute Gasteiger partial charge is 0.265 e. The number of carbonyl (C=O) groups is 1. The van der Waals surface area contributed by atoms with Gasteiger partial charge < -0.3 is 19.5 Å². The van der Waals surface area contributed by atoms with Gasteiger partial charge in [-0.15, -0.1) is 0 Å². The van der Waals surface area contributed by atoms with Crippen LogP contribution in [-0.4, -0.2) is 31.3 Å². The van der Waals surface area contributed by atoms with Crippen LogP contribution in [-0.2, 0) is 4.79 Å². The summed E-state index contributed by atoms with van der Waals surface area (Å²) in [4.78, 5) is 12.3. The minimum atomic E-state index is -0.749. The Balaban J connectivity index is 1.46. The first kappa shape index (κ1) is 17.6. The zero-order chi connectivity index (χ0) is 18.4. The minimum absolute atomic E-state index is 0.0314. The minimum Gasteiger partial charge on any atom is -0.482 e. The van der Waals surface area contributed by atoms with Crippen molar-refractivity contribution in [3.63, 3.8) is 0 Å². The van der Waals surface area contributed by atoms with E-state index in [1.54, 1.807) is 31.2 Å². The third-order valence-corrected chi connectivity index (χ3v) is 3.71. The largest absolute Gasteiger partial charge is 0.482 e. The van der Waals surface area contributed by atoms with Crippen molar-refractivity contribution in [1.82, 2.24) is 5.32 Å². The molecule has 26 heavy (non-hydrogen) atoms. The van der Waals surface area contributed by atoms with Crippen molar-refractivity contribution in [3.05, 3.63) is 54.3 Å². The number of hydrogen-bond acceptors (Lipinski definition) is 4. The van der Waals surface area contributed by atoms with E-state index in [1.807, 2.05) is 12.1 Å². The number of benzene rings is 2. The van der Waals surface area contributed by atoms with Gasteiger partial charge in [0, 0.05) is 0 Å². The van der Waals surface area contributed by atoms with E-state index in [1.165, 1.54) is 12.1 Å². The number of ether oxygens (including phenoxy) is 3. The molecule has 2 unspecified atom stereocenters. The van der Waals surface area contributed by atoms with Crippen molar-refractivity contribution < 1.29 is 23.4 Å². The number of fused-ring (bicyclic) bond motifs is 1. The molecule has 2 atom stereocenters. The highest BCUT2D eigenvalue weighted by Crippen LogP contribution is 2.33. The molecule has 134 valence electrons. The van der Waals surface area contributed by atoms with E-state index in [0.29, 0.717) is 11.5 Å². The summed E-state index contributed by atoms with van der Waals surface area (Å²) in [5, 5.41) is 2.68. The molecule has 1 amide bonds. The lowest BCUT2D eigenvalue weighted by Gasteiger charge is -2.30. The third kappa shape index (κ3) is 4.25. The number of para-hydroxylation sites is 3. The highest BCUT2D eigenvalue weighted by atomic mass is 19.1. The maximum absolute atomic E-state index is 13.4. The number of halogens is 1. The van der Waals surface area contributed by atoms with E-state index in [-0.39, 0.29) is 24.8 Å². The van der Waals surface area contributed by atoms with Crippen LogP contribution < -0.4 is 19.5 Å². The van der Waals surface area contributed by atoms with Gasteiger partial charge in [-0.25, -0.2) is 4.39 Å². The van der Waals surface area contributed by atoms with Crippen LogP contribution >= 0.6 is 0 Å². The molecule has 0 aliphatic carbocycles. The molecule has 2 aromatic rings. The van der Waals surface area contributed by atoms with Crippen LogP contribution in [0.1, 0.15) is 6.92 Å². The zero-order valence-corrected chi connectivity index (χ0v) is 14.2. The van der Waals surface area contributed by atoms with Gasteiger partial charge in [-0.1, -0.05) is 36.1 Å². The molecule has 0 saturated heterocycles. The average molecular weight is 355 g/mol. The Labute approximate surface area is 151 Å². The monoisotopic (exact) mass is 355 g/mol. The Bertz CT molecular complexity index is 843. The highest BCUT2D eigenvalue weighted by Gasteiger charge is 2.33. The van der Waals surface area contributed by atoms with Crippen LogP contribution in [0.25, 0.3) is 0 Å². The fourth-order valence-electron chi connectivity index (χ4n) is 2.43. The Morgan fingerprint density at radius 3 is 2.58 bits per heavy atom. The SMILES string of the molecule is CC1Oc2ccccc2OC1C(=O)NCC#CCOc1ccccc1F. The third-order valence-electron chi connectivity index (χ3n) is 3.71. The number of amides is 1. The molecule has 0 spiro atoms. The highest BCUT2D eigenvalue weighted by molar-refractivity contribution is 5.82. The molecule has 2 aromatic carbocycles. The van der Waals surface area contributed by atoms with Crippen LogP contribution in [0.15, 0.2) is 48.5 Å². The van der Waals surface area contributed by atoms with E-state index in [9.17, 15) is 9.18 Å². The molecule has 1 N–H and O–H groups in total. The average Bonchev–Trinajstić information content (AvgIpc) is 2.65. The van der Waals surface area contributed by atoms with E-state index < -0.39 is 18.0 Å². The van der Waals surface area contributed by atoms with Gasteiger partial charge in [-0.3, -0.25) is 4.79 Å². The van der Waals surface area contributed by atoms with Gasteiger partial charge in [-0.2, -0.15) is 0 Å². The van der Waals surface area contributed by atoms with Crippen molar-refractivity contribution >= 4 is 5.91 Å². The number of hydrogen-bond donors (Lipinski definition) is 1. The van der Waals surface area contributed by atoms with Crippen molar-refractivity contribution in [3.8, 4) is 29.1 Å². The van der Waals surface area contributed by atoms with E-state index >= 15 is 0 Å². The maximum atomic E-state index is 13.4.